The minimum atomic E-state index is -0.395. The van der Waals surface area contributed by atoms with Gasteiger partial charge in [-0.3, -0.25) is 9.59 Å². The van der Waals surface area contributed by atoms with E-state index in [-0.39, 0.29) is 24.1 Å². The third-order valence-electron chi connectivity index (χ3n) is 2.26. The van der Waals surface area contributed by atoms with Crippen molar-refractivity contribution in [2.24, 2.45) is 5.92 Å². The van der Waals surface area contributed by atoms with E-state index in [0.29, 0.717) is 6.42 Å². The lowest BCUT2D eigenvalue weighted by Crippen LogP contribution is -2.45. The molecule has 0 amide bonds. The first-order chi connectivity index (χ1) is 6.16. The highest BCUT2D eigenvalue weighted by atomic mass is 16.6. The molecular formula is C9H10O4. The van der Waals surface area contributed by atoms with E-state index in [1.807, 2.05) is 6.08 Å². The summed E-state index contributed by atoms with van der Waals surface area (Å²) in [4.78, 5) is 21.9. The summed E-state index contributed by atoms with van der Waals surface area (Å²) < 4.78 is 9.98. The van der Waals surface area contributed by atoms with Crippen molar-refractivity contribution in [2.45, 2.75) is 25.6 Å². The SMILES string of the molecule is CC(=O)O[C@H]1C[C@H]2C=C[C@@H]1C(=O)O2. The number of carbonyl (C=O) groups is 2. The smallest absolute Gasteiger partial charge is 0.317 e. The molecule has 0 aromatic heterocycles. The Morgan fingerprint density at radius 3 is 2.92 bits per heavy atom. The Balaban J connectivity index is 2.12. The lowest BCUT2D eigenvalue weighted by Gasteiger charge is -2.35. The molecule has 1 aliphatic carbocycles. The normalized spacial score (nSPS) is 35.8. The monoisotopic (exact) mass is 182 g/mol. The molecule has 1 saturated heterocycles. The van der Waals surface area contributed by atoms with Crippen LogP contribution in [0, 0.1) is 5.92 Å². The molecule has 3 atom stereocenters. The summed E-state index contributed by atoms with van der Waals surface area (Å²) >= 11 is 0. The van der Waals surface area contributed by atoms with E-state index < -0.39 is 5.92 Å². The van der Waals surface area contributed by atoms with Crippen LogP contribution in [0.4, 0.5) is 0 Å². The van der Waals surface area contributed by atoms with Crippen molar-refractivity contribution in [3.05, 3.63) is 12.2 Å². The number of ether oxygens (including phenoxy) is 2. The van der Waals surface area contributed by atoms with Crippen LogP contribution in [0.25, 0.3) is 0 Å². The van der Waals surface area contributed by atoms with Gasteiger partial charge in [0.2, 0.25) is 0 Å². The van der Waals surface area contributed by atoms with Gasteiger partial charge in [-0.2, -0.15) is 0 Å². The van der Waals surface area contributed by atoms with Gasteiger partial charge in [0, 0.05) is 13.3 Å². The zero-order chi connectivity index (χ0) is 9.42. The average Bonchev–Trinajstić information content (AvgIpc) is 2.02. The van der Waals surface area contributed by atoms with E-state index in [2.05, 4.69) is 0 Å². The van der Waals surface area contributed by atoms with E-state index in [1.54, 1.807) is 6.08 Å². The Hall–Kier alpha value is -1.32. The van der Waals surface area contributed by atoms with Crippen LogP contribution in [0.15, 0.2) is 12.2 Å². The molecular weight excluding hydrogens is 172 g/mol. The first-order valence-electron chi connectivity index (χ1n) is 4.23. The van der Waals surface area contributed by atoms with E-state index in [9.17, 15) is 9.59 Å². The van der Waals surface area contributed by atoms with Gasteiger partial charge in [-0.05, 0) is 6.08 Å². The Kier molecular flexibility index (Phi) is 1.83. The highest BCUT2D eigenvalue weighted by molar-refractivity contribution is 5.78. The molecule has 0 spiro atoms. The molecule has 70 valence electrons. The molecule has 4 heteroatoms. The summed E-state index contributed by atoms with van der Waals surface area (Å²) in [5.74, 6) is -1.03. The molecule has 2 aliphatic heterocycles. The third-order valence-corrected chi connectivity index (χ3v) is 2.26. The van der Waals surface area contributed by atoms with Crippen LogP contribution in [0.2, 0.25) is 0 Å². The molecule has 0 radical (unpaired) electrons. The molecule has 0 aromatic carbocycles. The van der Waals surface area contributed by atoms with Crippen molar-refractivity contribution in [1.29, 1.82) is 0 Å². The third kappa shape index (κ3) is 1.43. The van der Waals surface area contributed by atoms with Crippen LogP contribution in [0.1, 0.15) is 13.3 Å². The molecule has 0 saturated carbocycles. The molecule has 2 heterocycles. The fourth-order valence-electron chi connectivity index (χ4n) is 1.70. The highest BCUT2D eigenvalue weighted by Gasteiger charge is 2.41. The number of esters is 2. The zero-order valence-corrected chi connectivity index (χ0v) is 7.23. The zero-order valence-electron chi connectivity index (χ0n) is 7.23. The summed E-state index contributed by atoms with van der Waals surface area (Å²) in [7, 11) is 0. The van der Waals surface area contributed by atoms with Crippen LogP contribution >= 0.6 is 0 Å². The summed E-state index contributed by atoms with van der Waals surface area (Å²) in [6.07, 6.45) is 3.65. The Morgan fingerprint density at radius 2 is 2.38 bits per heavy atom. The van der Waals surface area contributed by atoms with Gasteiger partial charge in [0.15, 0.2) is 0 Å². The van der Waals surface area contributed by atoms with Crippen molar-refractivity contribution in [3.8, 4) is 0 Å². The molecule has 13 heavy (non-hydrogen) atoms. The van der Waals surface area contributed by atoms with Crippen molar-refractivity contribution < 1.29 is 19.1 Å². The highest BCUT2D eigenvalue weighted by Crippen LogP contribution is 2.30. The fourth-order valence-corrected chi connectivity index (χ4v) is 1.70. The van der Waals surface area contributed by atoms with E-state index >= 15 is 0 Å². The van der Waals surface area contributed by atoms with Crippen molar-refractivity contribution >= 4 is 11.9 Å². The van der Waals surface area contributed by atoms with Gasteiger partial charge in [0.05, 0.1) is 0 Å². The van der Waals surface area contributed by atoms with Crippen LogP contribution in [-0.2, 0) is 19.1 Å². The van der Waals surface area contributed by atoms with Crippen LogP contribution in [0.5, 0.6) is 0 Å². The Morgan fingerprint density at radius 1 is 1.62 bits per heavy atom. The second-order valence-electron chi connectivity index (χ2n) is 3.27. The number of hydrogen-bond donors (Lipinski definition) is 0. The molecule has 0 unspecified atom stereocenters. The Labute approximate surface area is 75.5 Å². The van der Waals surface area contributed by atoms with Gasteiger partial charge in [0.1, 0.15) is 18.1 Å². The van der Waals surface area contributed by atoms with Gasteiger partial charge in [-0.1, -0.05) is 6.08 Å². The maximum absolute atomic E-state index is 11.2. The van der Waals surface area contributed by atoms with Crippen LogP contribution in [-0.4, -0.2) is 24.1 Å². The standard InChI is InChI=1S/C9H10O4/c1-5(10)12-8-4-6-2-3-7(8)9(11)13-6/h2-3,6-8H,4H2,1H3/t6-,7+,8+/m1/s1. The molecule has 2 bridgehead atoms. The minimum absolute atomic E-state index is 0.207. The van der Waals surface area contributed by atoms with Crippen LogP contribution < -0.4 is 0 Å². The van der Waals surface area contributed by atoms with E-state index in [1.165, 1.54) is 6.92 Å². The average molecular weight is 182 g/mol. The maximum Gasteiger partial charge on any atom is 0.317 e. The van der Waals surface area contributed by atoms with Gasteiger partial charge in [0.25, 0.3) is 0 Å². The van der Waals surface area contributed by atoms with Crippen molar-refractivity contribution in [3.63, 3.8) is 0 Å². The molecule has 3 aliphatic rings. The minimum Gasteiger partial charge on any atom is -0.461 e. The molecule has 1 fully saturated rings. The second-order valence-corrected chi connectivity index (χ2v) is 3.27. The number of rotatable bonds is 1. The lowest BCUT2D eigenvalue weighted by atomic mass is 9.88. The van der Waals surface area contributed by atoms with Crippen molar-refractivity contribution in [2.75, 3.05) is 0 Å². The lowest BCUT2D eigenvalue weighted by molar-refractivity contribution is -0.173. The topological polar surface area (TPSA) is 52.6 Å². The summed E-state index contributed by atoms with van der Waals surface area (Å²) in [5.41, 5.74) is 0. The quantitative estimate of drug-likeness (QED) is 0.435. The predicted octanol–water partition coefficient (Wildman–Crippen LogP) is 0.420. The second kappa shape index (κ2) is 2.87. The largest absolute Gasteiger partial charge is 0.461 e. The summed E-state index contributed by atoms with van der Waals surface area (Å²) in [6, 6.07) is 0. The first-order valence-corrected chi connectivity index (χ1v) is 4.23. The van der Waals surface area contributed by atoms with Gasteiger partial charge >= 0.3 is 11.9 Å². The molecule has 0 aromatic rings. The van der Waals surface area contributed by atoms with Gasteiger partial charge < -0.3 is 9.47 Å². The number of fused-ring (bicyclic) bond motifs is 2. The summed E-state index contributed by atoms with van der Waals surface area (Å²) in [6.45, 7) is 1.34. The number of hydrogen-bond acceptors (Lipinski definition) is 4. The van der Waals surface area contributed by atoms with Crippen LogP contribution in [0.3, 0.4) is 0 Å². The molecule has 0 N–H and O–H groups in total. The van der Waals surface area contributed by atoms with Gasteiger partial charge in [-0.15, -0.1) is 0 Å². The first kappa shape index (κ1) is 8.29. The number of carbonyl (C=O) groups excluding carboxylic acids is 2. The van der Waals surface area contributed by atoms with E-state index in [4.69, 9.17) is 9.47 Å². The molecule has 4 nitrogen and oxygen atoms in total. The van der Waals surface area contributed by atoms with Gasteiger partial charge in [-0.25, -0.2) is 0 Å². The maximum atomic E-state index is 11.2. The van der Waals surface area contributed by atoms with Crippen molar-refractivity contribution in [1.82, 2.24) is 0 Å². The fraction of sp³-hybridized carbons (Fsp3) is 0.556. The molecule has 3 rings (SSSR count). The van der Waals surface area contributed by atoms with E-state index in [0.717, 1.165) is 0 Å². The summed E-state index contributed by atoms with van der Waals surface area (Å²) in [5, 5.41) is 0. The predicted molar refractivity (Wildman–Crippen MR) is 42.7 cm³/mol. The Bertz CT molecular complexity index is 281.